The maximum absolute atomic E-state index is 10.8. The second-order valence-electron chi connectivity index (χ2n) is 2.53. The highest BCUT2D eigenvalue weighted by Crippen LogP contribution is 2.25. The molecule has 1 aromatic carbocycles. The number of hydrogen-bond acceptors (Lipinski definition) is 2. The summed E-state index contributed by atoms with van der Waals surface area (Å²) in [5.41, 5.74) is 1.11. The molecule has 0 radical (unpaired) electrons. The molecule has 0 unspecified atom stereocenters. The van der Waals surface area contributed by atoms with Gasteiger partial charge in [0.15, 0.2) is 0 Å². The molecule has 5 heteroatoms. The highest BCUT2D eigenvalue weighted by atomic mass is 79.9. The van der Waals surface area contributed by atoms with E-state index >= 15 is 0 Å². The first kappa shape index (κ1) is 11.2. The molecule has 0 aliphatic rings. The van der Waals surface area contributed by atoms with Gasteiger partial charge in [0.25, 0.3) is 0 Å². The lowest BCUT2D eigenvalue weighted by atomic mass is 10.1. The molecule has 0 aromatic heterocycles. The van der Waals surface area contributed by atoms with E-state index in [9.17, 15) is 4.79 Å². The molecule has 1 aromatic rings. The number of carbonyl (C=O) groups is 1. The Bertz CT molecular complexity index is 424. The molecular formula is C9H5Br2NO2. The smallest absolute Gasteiger partial charge is 0.336 e. The predicted octanol–water partition coefficient (Wildman–Crippen LogP) is 2.91. The van der Waals surface area contributed by atoms with Crippen LogP contribution in [0.1, 0.15) is 21.5 Å². The summed E-state index contributed by atoms with van der Waals surface area (Å²) in [6.07, 6.45) is 0. The van der Waals surface area contributed by atoms with Crippen molar-refractivity contribution in [3.05, 3.63) is 33.3 Å². The Balaban J connectivity index is 3.45. The first-order valence-electron chi connectivity index (χ1n) is 3.62. The number of carboxylic acids is 1. The number of aromatic carboxylic acids is 1. The van der Waals surface area contributed by atoms with Crippen molar-refractivity contribution in [3.63, 3.8) is 0 Å². The first-order valence-corrected chi connectivity index (χ1v) is 5.53. The highest BCUT2D eigenvalue weighted by Gasteiger charge is 2.13. The average Bonchev–Trinajstić information content (AvgIpc) is 2.16. The summed E-state index contributed by atoms with van der Waals surface area (Å²) in [6, 6.07) is 4.87. The quantitative estimate of drug-likeness (QED) is 0.853. The lowest BCUT2D eigenvalue weighted by Gasteiger charge is -2.05. The number of carboxylic acid groups (broad SMARTS) is 1. The minimum atomic E-state index is -1.03. The van der Waals surface area contributed by atoms with Crippen LogP contribution in [0, 0.1) is 11.3 Å². The maximum atomic E-state index is 10.8. The minimum absolute atomic E-state index is 0.146. The predicted molar refractivity (Wildman–Crippen MR) is 58.4 cm³/mol. The van der Waals surface area contributed by atoms with Crippen LogP contribution in [0.25, 0.3) is 0 Å². The van der Waals surface area contributed by atoms with Crippen LogP contribution in [0.15, 0.2) is 16.6 Å². The standard InChI is InChI=1S/C9H5Br2NO2/c10-3-7-6(9(13)14)1-5(4-12)2-8(7)11/h1-2H,3H2,(H,13,14). The van der Waals surface area contributed by atoms with E-state index in [1.807, 2.05) is 6.07 Å². The van der Waals surface area contributed by atoms with E-state index in [-0.39, 0.29) is 5.56 Å². The summed E-state index contributed by atoms with van der Waals surface area (Å²) in [6.45, 7) is 0. The Morgan fingerprint density at radius 1 is 1.57 bits per heavy atom. The molecular weight excluding hydrogens is 314 g/mol. The maximum Gasteiger partial charge on any atom is 0.336 e. The van der Waals surface area contributed by atoms with Gasteiger partial charge >= 0.3 is 5.97 Å². The molecule has 0 atom stereocenters. The molecule has 0 spiro atoms. The summed E-state index contributed by atoms with van der Waals surface area (Å²) in [5, 5.41) is 18.0. The summed E-state index contributed by atoms with van der Waals surface area (Å²) < 4.78 is 0.630. The topological polar surface area (TPSA) is 61.1 Å². The van der Waals surface area contributed by atoms with Crippen molar-refractivity contribution >= 4 is 37.8 Å². The zero-order valence-corrected chi connectivity index (χ0v) is 10.1. The van der Waals surface area contributed by atoms with Gasteiger partial charge in [0.2, 0.25) is 0 Å². The average molecular weight is 319 g/mol. The Morgan fingerprint density at radius 3 is 2.64 bits per heavy atom. The summed E-state index contributed by atoms with van der Waals surface area (Å²) in [5.74, 6) is -1.03. The fraction of sp³-hybridized carbons (Fsp3) is 0.111. The highest BCUT2D eigenvalue weighted by molar-refractivity contribution is 9.10. The van der Waals surface area contributed by atoms with E-state index in [2.05, 4.69) is 31.9 Å². The Hall–Kier alpha value is -0.860. The molecule has 1 N–H and O–H groups in total. The van der Waals surface area contributed by atoms with Crippen LogP contribution in [-0.4, -0.2) is 11.1 Å². The number of benzene rings is 1. The van der Waals surface area contributed by atoms with Gasteiger partial charge in [-0.3, -0.25) is 0 Å². The van der Waals surface area contributed by atoms with Crippen molar-refractivity contribution in [2.24, 2.45) is 0 Å². The van der Waals surface area contributed by atoms with Crippen LogP contribution in [0.4, 0.5) is 0 Å². The fourth-order valence-corrected chi connectivity index (χ4v) is 2.61. The molecule has 3 nitrogen and oxygen atoms in total. The van der Waals surface area contributed by atoms with Gasteiger partial charge < -0.3 is 5.11 Å². The number of halogens is 2. The van der Waals surface area contributed by atoms with Gasteiger partial charge in [0.05, 0.1) is 17.2 Å². The Kier molecular flexibility index (Phi) is 3.67. The number of rotatable bonds is 2. The number of hydrogen-bond donors (Lipinski definition) is 1. The third kappa shape index (κ3) is 2.14. The monoisotopic (exact) mass is 317 g/mol. The third-order valence-corrected chi connectivity index (χ3v) is 2.96. The van der Waals surface area contributed by atoms with E-state index in [0.717, 1.165) is 0 Å². The number of nitrogens with zero attached hydrogens (tertiary/aromatic N) is 1. The first-order chi connectivity index (χ1) is 6.60. The van der Waals surface area contributed by atoms with E-state index in [4.69, 9.17) is 10.4 Å². The van der Waals surface area contributed by atoms with Gasteiger partial charge in [-0.1, -0.05) is 31.9 Å². The van der Waals surface area contributed by atoms with Crippen molar-refractivity contribution in [1.29, 1.82) is 5.26 Å². The molecule has 0 aliphatic carbocycles. The van der Waals surface area contributed by atoms with Crippen LogP contribution >= 0.6 is 31.9 Å². The van der Waals surface area contributed by atoms with Gasteiger partial charge in [-0.2, -0.15) is 5.26 Å². The summed E-state index contributed by atoms with van der Waals surface area (Å²) >= 11 is 6.42. The SMILES string of the molecule is N#Cc1cc(Br)c(CBr)c(C(=O)O)c1. The van der Waals surface area contributed by atoms with E-state index in [1.165, 1.54) is 6.07 Å². The molecule has 0 bridgehead atoms. The molecule has 0 fully saturated rings. The lowest BCUT2D eigenvalue weighted by molar-refractivity contribution is 0.0696. The van der Waals surface area contributed by atoms with E-state index < -0.39 is 5.97 Å². The van der Waals surface area contributed by atoms with Crippen molar-refractivity contribution in [1.82, 2.24) is 0 Å². The van der Waals surface area contributed by atoms with Crippen LogP contribution < -0.4 is 0 Å². The second kappa shape index (κ2) is 4.58. The molecule has 72 valence electrons. The second-order valence-corrected chi connectivity index (χ2v) is 3.95. The van der Waals surface area contributed by atoms with Crippen LogP contribution in [0.2, 0.25) is 0 Å². The third-order valence-electron chi connectivity index (χ3n) is 1.69. The normalized spacial score (nSPS) is 9.50. The molecule has 0 heterocycles. The number of alkyl halides is 1. The molecule has 0 saturated carbocycles. The van der Waals surface area contributed by atoms with Crippen LogP contribution in [-0.2, 0) is 5.33 Å². The van der Waals surface area contributed by atoms with Crippen LogP contribution in [0.3, 0.4) is 0 Å². The van der Waals surface area contributed by atoms with Crippen molar-refractivity contribution in [3.8, 4) is 6.07 Å². The lowest BCUT2D eigenvalue weighted by Crippen LogP contribution is -2.02. The Morgan fingerprint density at radius 2 is 2.21 bits per heavy atom. The van der Waals surface area contributed by atoms with Gasteiger partial charge in [0.1, 0.15) is 0 Å². The molecule has 0 saturated heterocycles. The van der Waals surface area contributed by atoms with Gasteiger partial charge in [0, 0.05) is 9.80 Å². The zero-order valence-electron chi connectivity index (χ0n) is 6.92. The molecule has 14 heavy (non-hydrogen) atoms. The molecule has 1 rings (SSSR count). The summed E-state index contributed by atoms with van der Waals surface area (Å²) in [4.78, 5) is 10.8. The van der Waals surface area contributed by atoms with Gasteiger partial charge in [-0.15, -0.1) is 0 Å². The Labute approximate surface area is 97.6 Å². The van der Waals surface area contributed by atoms with Crippen molar-refractivity contribution in [2.75, 3.05) is 0 Å². The number of nitriles is 1. The van der Waals surface area contributed by atoms with E-state index in [1.54, 1.807) is 6.07 Å². The zero-order chi connectivity index (χ0) is 10.7. The van der Waals surface area contributed by atoms with Crippen molar-refractivity contribution < 1.29 is 9.90 Å². The van der Waals surface area contributed by atoms with Gasteiger partial charge in [-0.05, 0) is 17.7 Å². The minimum Gasteiger partial charge on any atom is -0.478 e. The van der Waals surface area contributed by atoms with Crippen LogP contribution in [0.5, 0.6) is 0 Å². The molecule has 0 amide bonds. The van der Waals surface area contributed by atoms with Gasteiger partial charge in [-0.25, -0.2) is 4.79 Å². The summed E-state index contributed by atoms with van der Waals surface area (Å²) in [7, 11) is 0. The van der Waals surface area contributed by atoms with Crippen molar-refractivity contribution in [2.45, 2.75) is 5.33 Å². The van der Waals surface area contributed by atoms with E-state index in [0.29, 0.717) is 20.9 Å². The molecule has 0 aliphatic heterocycles. The fourth-order valence-electron chi connectivity index (χ4n) is 1.03. The largest absolute Gasteiger partial charge is 0.478 e.